The Morgan fingerprint density at radius 1 is 1.12 bits per heavy atom. The number of carboxylic acids is 2. The number of piperidine rings is 1. The minimum absolute atomic E-state index is 0.183. The minimum Gasteiger partial charge on any atom is -0.475 e. The number of rotatable bonds is 4. The van der Waals surface area contributed by atoms with Crippen molar-refractivity contribution in [3.8, 4) is 0 Å². The van der Waals surface area contributed by atoms with Gasteiger partial charge in [0.05, 0.1) is 12.0 Å². The molecule has 0 aromatic carbocycles. The lowest BCUT2D eigenvalue weighted by molar-refractivity contribution is -0.193. The topological polar surface area (TPSA) is 129 Å². The predicted molar refractivity (Wildman–Crippen MR) is 129 cm³/mol. The highest BCUT2D eigenvalue weighted by Gasteiger charge is 2.55. The van der Waals surface area contributed by atoms with Crippen LogP contribution in [0.15, 0.2) is 23.8 Å². The third-order valence-electron chi connectivity index (χ3n) is 6.38. The monoisotopic (exact) mass is 601 g/mol. The standard InChI is InChI=1S/C19H27N5OS.2C2HF3O2/c1-14(2)24-16(5-7-21-24)15-11-23(12-17-20-8-10-26-17)13-19(15)6-4-9-22(3)18(19)25;2*3-2(4,5)1(6)7/h5,7-8,10,14-15H,4,6,9,11-13H2,1-3H3;2*(H,6,7)/t15-,19+;;/m0../s1. The number of hydrogen-bond acceptors (Lipinski definition) is 7. The Hall–Kier alpha value is -3.21. The SMILES string of the molecule is CC(C)n1nccc1[C@@H]1CN(Cc2nccs2)C[C@]12CCCN(C)C2=O.O=C(O)C(F)(F)F.O=C(O)C(F)(F)F. The number of nitrogens with zero attached hydrogens (tertiary/aromatic N) is 5. The smallest absolute Gasteiger partial charge is 0.475 e. The van der Waals surface area contributed by atoms with Gasteiger partial charge in [0.25, 0.3) is 0 Å². The summed E-state index contributed by atoms with van der Waals surface area (Å²) in [5, 5.41) is 21.9. The first-order chi connectivity index (χ1) is 18.4. The van der Waals surface area contributed by atoms with Gasteiger partial charge < -0.3 is 15.1 Å². The summed E-state index contributed by atoms with van der Waals surface area (Å²) in [6.07, 6.45) is -4.40. The van der Waals surface area contributed by atoms with Gasteiger partial charge in [-0.25, -0.2) is 14.6 Å². The fourth-order valence-electron chi connectivity index (χ4n) is 4.75. The molecule has 40 heavy (non-hydrogen) atoms. The van der Waals surface area contributed by atoms with E-state index >= 15 is 0 Å². The molecule has 0 aliphatic carbocycles. The van der Waals surface area contributed by atoms with Crippen LogP contribution in [0.2, 0.25) is 0 Å². The lowest BCUT2D eigenvalue weighted by atomic mass is 9.70. The lowest BCUT2D eigenvalue weighted by Gasteiger charge is -2.41. The molecule has 0 bridgehead atoms. The van der Waals surface area contributed by atoms with E-state index in [9.17, 15) is 31.1 Å². The fraction of sp³-hybridized carbons (Fsp3) is 0.609. The highest BCUT2D eigenvalue weighted by atomic mass is 32.1. The first-order valence-electron chi connectivity index (χ1n) is 11.9. The van der Waals surface area contributed by atoms with Crippen molar-refractivity contribution >= 4 is 29.2 Å². The molecule has 4 heterocycles. The first-order valence-corrected chi connectivity index (χ1v) is 12.8. The van der Waals surface area contributed by atoms with E-state index in [2.05, 4.69) is 39.6 Å². The molecule has 0 unspecified atom stereocenters. The molecule has 224 valence electrons. The second-order valence-electron chi connectivity index (χ2n) is 9.53. The molecule has 2 saturated heterocycles. The van der Waals surface area contributed by atoms with E-state index in [-0.39, 0.29) is 11.3 Å². The Bertz CT molecular complexity index is 1130. The van der Waals surface area contributed by atoms with Crippen molar-refractivity contribution in [2.45, 2.75) is 57.5 Å². The second-order valence-corrected chi connectivity index (χ2v) is 10.5. The van der Waals surface area contributed by atoms with Crippen molar-refractivity contribution < 1.29 is 50.9 Å². The van der Waals surface area contributed by atoms with Crippen LogP contribution in [0, 0.1) is 5.41 Å². The van der Waals surface area contributed by atoms with Crippen LogP contribution in [0.3, 0.4) is 0 Å². The summed E-state index contributed by atoms with van der Waals surface area (Å²) >= 11 is 1.69. The maximum atomic E-state index is 13.3. The predicted octanol–water partition coefficient (Wildman–Crippen LogP) is 4.03. The molecule has 2 aromatic rings. The number of carbonyl (C=O) groups excluding carboxylic acids is 1. The van der Waals surface area contributed by atoms with Gasteiger partial charge in [-0.3, -0.25) is 14.4 Å². The van der Waals surface area contributed by atoms with Gasteiger partial charge in [0, 0.05) is 62.1 Å². The van der Waals surface area contributed by atoms with Crippen molar-refractivity contribution in [2.75, 3.05) is 26.7 Å². The molecule has 2 fully saturated rings. The van der Waals surface area contributed by atoms with Crippen LogP contribution in [0.25, 0.3) is 0 Å². The summed E-state index contributed by atoms with van der Waals surface area (Å²) in [5.74, 6) is -5.03. The van der Waals surface area contributed by atoms with Gasteiger partial charge in [-0.05, 0) is 32.8 Å². The van der Waals surface area contributed by atoms with Crippen LogP contribution < -0.4 is 0 Å². The maximum Gasteiger partial charge on any atom is 0.490 e. The molecule has 2 aliphatic heterocycles. The van der Waals surface area contributed by atoms with Crippen LogP contribution in [-0.4, -0.2) is 91.7 Å². The lowest BCUT2D eigenvalue weighted by Crippen LogP contribution is -2.50. The van der Waals surface area contributed by atoms with Crippen molar-refractivity contribution in [3.63, 3.8) is 0 Å². The third-order valence-corrected chi connectivity index (χ3v) is 7.14. The molecule has 4 rings (SSSR count). The van der Waals surface area contributed by atoms with Crippen molar-refractivity contribution in [1.82, 2.24) is 24.6 Å². The van der Waals surface area contributed by atoms with Crippen LogP contribution in [-0.2, 0) is 20.9 Å². The normalized spacial score (nSPS) is 21.6. The molecule has 2 aromatic heterocycles. The quantitative estimate of drug-likeness (QED) is 0.503. The highest BCUT2D eigenvalue weighted by Crippen LogP contribution is 2.49. The Morgan fingerprint density at radius 2 is 1.70 bits per heavy atom. The largest absolute Gasteiger partial charge is 0.490 e. The van der Waals surface area contributed by atoms with Gasteiger partial charge in [0.1, 0.15) is 5.01 Å². The molecule has 0 saturated carbocycles. The number of likely N-dealkylation sites (tertiary alicyclic amines) is 2. The molecule has 2 atom stereocenters. The van der Waals surface area contributed by atoms with Gasteiger partial charge in [0.15, 0.2) is 0 Å². The highest BCUT2D eigenvalue weighted by molar-refractivity contribution is 7.09. The van der Waals surface area contributed by atoms with Gasteiger partial charge in [-0.2, -0.15) is 31.4 Å². The molecule has 2 N–H and O–H groups in total. The molecule has 1 amide bonds. The van der Waals surface area contributed by atoms with E-state index in [1.807, 2.05) is 29.7 Å². The van der Waals surface area contributed by atoms with Gasteiger partial charge >= 0.3 is 24.3 Å². The number of aromatic nitrogens is 3. The number of alkyl halides is 6. The summed E-state index contributed by atoms with van der Waals surface area (Å²) in [6.45, 7) is 7.69. The molecule has 1 spiro atoms. The van der Waals surface area contributed by atoms with E-state index in [0.717, 1.165) is 44.0 Å². The van der Waals surface area contributed by atoms with Crippen LogP contribution in [0.4, 0.5) is 26.3 Å². The second kappa shape index (κ2) is 13.0. The number of thiazole rings is 1. The molecular weight excluding hydrogens is 572 g/mol. The Balaban J connectivity index is 0.000000333. The summed E-state index contributed by atoms with van der Waals surface area (Å²) in [5.41, 5.74) is 0.863. The fourth-order valence-corrected chi connectivity index (χ4v) is 5.41. The number of aliphatic carboxylic acids is 2. The molecule has 10 nitrogen and oxygen atoms in total. The Kier molecular flexibility index (Phi) is 10.7. The zero-order valence-corrected chi connectivity index (χ0v) is 22.6. The minimum atomic E-state index is -5.08. The molecule has 0 radical (unpaired) electrons. The zero-order valence-electron chi connectivity index (χ0n) is 21.7. The van der Waals surface area contributed by atoms with E-state index in [1.165, 1.54) is 5.69 Å². The summed E-state index contributed by atoms with van der Waals surface area (Å²) in [6, 6.07) is 2.41. The van der Waals surface area contributed by atoms with Crippen LogP contribution >= 0.6 is 11.3 Å². The van der Waals surface area contributed by atoms with E-state index in [4.69, 9.17) is 19.8 Å². The van der Waals surface area contributed by atoms with Crippen LogP contribution in [0.1, 0.15) is 49.4 Å². The van der Waals surface area contributed by atoms with Gasteiger partial charge in [0.2, 0.25) is 5.91 Å². The number of halogens is 6. The van der Waals surface area contributed by atoms with E-state index in [0.29, 0.717) is 11.9 Å². The molecule has 2 aliphatic rings. The Labute approximate surface area is 229 Å². The number of carboxylic acid groups (broad SMARTS) is 2. The van der Waals surface area contributed by atoms with Crippen LogP contribution in [0.5, 0.6) is 0 Å². The van der Waals surface area contributed by atoms with Crippen molar-refractivity contribution in [3.05, 3.63) is 34.5 Å². The third kappa shape index (κ3) is 8.16. The summed E-state index contributed by atoms with van der Waals surface area (Å²) < 4.78 is 65.6. The van der Waals surface area contributed by atoms with E-state index in [1.54, 1.807) is 11.3 Å². The molecular formula is C23H29F6N5O5S. The van der Waals surface area contributed by atoms with Crippen molar-refractivity contribution in [2.24, 2.45) is 5.41 Å². The first kappa shape index (κ1) is 33.0. The van der Waals surface area contributed by atoms with E-state index < -0.39 is 24.3 Å². The number of hydrogen-bond donors (Lipinski definition) is 2. The van der Waals surface area contributed by atoms with Gasteiger partial charge in [-0.1, -0.05) is 0 Å². The summed E-state index contributed by atoms with van der Waals surface area (Å²) in [7, 11) is 1.95. The zero-order chi connectivity index (χ0) is 30.5. The Morgan fingerprint density at radius 3 is 2.17 bits per heavy atom. The molecule has 17 heteroatoms. The average Bonchev–Trinajstić information content (AvgIpc) is 3.58. The van der Waals surface area contributed by atoms with Crippen molar-refractivity contribution in [1.29, 1.82) is 0 Å². The maximum absolute atomic E-state index is 13.3. The number of carbonyl (C=O) groups is 3. The summed E-state index contributed by atoms with van der Waals surface area (Å²) in [4.78, 5) is 39.9. The average molecular weight is 602 g/mol. The number of amides is 1. The van der Waals surface area contributed by atoms with Gasteiger partial charge in [-0.15, -0.1) is 11.3 Å².